The number of carbonyl (C=O) groups is 1. The Morgan fingerprint density at radius 2 is 1.88 bits per heavy atom. The molecule has 1 saturated carbocycles. The van der Waals surface area contributed by atoms with Crippen molar-refractivity contribution < 1.29 is 18.3 Å². The molecule has 4 rings (SSSR count). The fraction of sp³-hybridized carbons (Fsp3) is 0.571. The van der Waals surface area contributed by atoms with Crippen LogP contribution in [0.5, 0.6) is 5.75 Å². The van der Waals surface area contributed by atoms with Crippen molar-refractivity contribution in [2.75, 3.05) is 18.4 Å². The fourth-order valence-electron chi connectivity index (χ4n) is 4.66. The summed E-state index contributed by atoms with van der Waals surface area (Å²) in [6, 6.07) is 2.47. The number of benzene rings is 1. The first kappa shape index (κ1) is 23.7. The Bertz CT molecular complexity index is 1040. The molecule has 1 aromatic carbocycles. The van der Waals surface area contributed by atoms with Gasteiger partial charge >= 0.3 is 6.03 Å². The molecule has 2 aliphatic carbocycles. The third-order valence-electron chi connectivity index (χ3n) is 7.13. The minimum Gasteiger partial charge on any atom is -0.504 e. The third kappa shape index (κ3) is 4.37. The lowest BCUT2D eigenvalue weighted by Gasteiger charge is -2.45. The van der Waals surface area contributed by atoms with Crippen LogP contribution in [0.2, 0.25) is 5.02 Å². The van der Waals surface area contributed by atoms with Crippen LogP contribution in [0.15, 0.2) is 28.1 Å². The molecule has 2 amide bonds. The Balaban J connectivity index is 1.53. The van der Waals surface area contributed by atoms with Crippen molar-refractivity contribution in [3.05, 3.63) is 28.3 Å². The molecule has 174 valence electrons. The Kier molecular flexibility index (Phi) is 6.74. The van der Waals surface area contributed by atoms with Gasteiger partial charge in [-0.1, -0.05) is 35.7 Å². The zero-order chi connectivity index (χ0) is 23.1. The number of allylic oxidation sites excluding steroid dienone is 1. The second kappa shape index (κ2) is 9.08. The Morgan fingerprint density at radius 1 is 1.19 bits per heavy atom. The Morgan fingerprint density at radius 3 is 2.44 bits per heavy atom. The van der Waals surface area contributed by atoms with Gasteiger partial charge in [0.25, 0.3) is 0 Å². The van der Waals surface area contributed by atoms with Gasteiger partial charge in [0.15, 0.2) is 15.6 Å². The molecule has 0 bridgehead atoms. The number of hydrogen-bond donors (Lipinski definition) is 3. The maximum Gasteiger partial charge on any atom is 0.319 e. The number of nitrogens with one attached hydrogen (secondary N) is 2. The largest absolute Gasteiger partial charge is 0.504 e. The van der Waals surface area contributed by atoms with Gasteiger partial charge in [-0.25, -0.2) is 13.2 Å². The number of urea groups is 1. The number of phenolic OH excluding ortho intramolecular Hbond substituents is 1. The normalized spacial score (nSPS) is 23.9. The molecule has 1 saturated heterocycles. The standard InChI is InChI=1S/C21H28BCl2N3O4S/c22-21(9-11-27(12-10-21)13-3-1-4-13)32(30,31)19-15(24)7-8-17(18(19)28)26-20(29)25-16-6-2-5-14(16)23/h5,7-8,13,16,28H,1-4,6,9-12,22H2,(H2,25,26,29)/t16-/m1/s1. The number of piperidine rings is 1. The third-order valence-corrected chi connectivity index (χ3v) is 10.6. The van der Waals surface area contributed by atoms with E-state index < -0.39 is 26.3 Å². The molecule has 1 heterocycles. The average Bonchev–Trinajstić information content (AvgIpc) is 3.09. The second-order valence-corrected chi connectivity index (χ2v) is 12.4. The molecule has 0 aromatic heterocycles. The summed E-state index contributed by atoms with van der Waals surface area (Å²) < 4.78 is 26.3. The van der Waals surface area contributed by atoms with Gasteiger partial charge in [0, 0.05) is 15.7 Å². The van der Waals surface area contributed by atoms with E-state index in [0.29, 0.717) is 43.4 Å². The van der Waals surface area contributed by atoms with Crippen LogP contribution in [0.1, 0.15) is 44.9 Å². The van der Waals surface area contributed by atoms with Crippen molar-refractivity contribution >= 4 is 52.6 Å². The topological polar surface area (TPSA) is 98.7 Å². The number of rotatable bonds is 5. The van der Waals surface area contributed by atoms with Crippen LogP contribution >= 0.6 is 23.2 Å². The summed E-state index contributed by atoms with van der Waals surface area (Å²) in [5.74, 6) is -0.539. The van der Waals surface area contributed by atoms with E-state index in [4.69, 9.17) is 23.2 Å². The van der Waals surface area contributed by atoms with Gasteiger partial charge in [0.05, 0.1) is 16.8 Å². The van der Waals surface area contributed by atoms with Gasteiger partial charge in [0.2, 0.25) is 0 Å². The molecule has 3 aliphatic rings. The summed E-state index contributed by atoms with van der Waals surface area (Å²) in [7, 11) is -2.24. The predicted molar refractivity (Wildman–Crippen MR) is 129 cm³/mol. The molecule has 3 N–H and O–H groups in total. The Hall–Kier alpha value is -1.42. The number of likely N-dealkylation sites (tertiary alicyclic amines) is 1. The molecule has 7 nitrogen and oxygen atoms in total. The van der Waals surface area contributed by atoms with Crippen molar-refractivity contribution in [3.8, 4) is 5.75 Å². The van der Waals surface area contributed by atoms with Crippen LogP contribution in [-0.2, 0) is 9.84 Å². The number of hydrogen-bond acceptors (Lipinski definition) is 5. The maximum absolute atomic E-state index is 13.7. The highest BCUT2D eigenvalue weighted by atomic mass is 35.5. The van der Waals surface area contributed by atoms with Crippen LogP contribution in [0.3, 0.4) is 0 Å². The lowest BCUT2D eigenvalue weighted by molar-refractivity contribution is 0.101. The molecule has 1 atom stereocenters. The number of halogens is 2. The van der Waals surface area contributed by atoms with Crippen molar-refractivity contribution in [1.82, 2.24) is 10.2 Å². The molecule has 2 fully saturated rings. The first-order valence-electron chi connectivity index (χ1n) is 11.1. The van der Waals surface area contributed by atoms with Crippen molar-refractivity contribution in [1.29, 1.82) is 0 Å². The van der Waals surface area contributed by atoms with Gasteiger partial charge in [-0.15, -0.1) is 0 Å². The SMILES string of the molecule is BC1(S(=O)(=O)c2c(Cl)ccc(NC(=O)N[C@@H]3CCC=C3Cl)c2O)CCN(C2CCC2)CC1. The molecule has 0 spiro atoms. The van der Waals surface area contributed by atoms with Crippen molar-refractivity contribution in [3.63, 3.8) is 0 Å². The molecule has 32 heavy (non-hydrogen) atoms. The monoisotopic (exact) mass is 499 g/mol. The number of amides is 2. The van der Waals surface area contributed by atoms with Crippen molar-refractivity contribution in [2.45, 2.75) is 66.6 Å². The number of aromatic hydroxyl groups is 1. The summed E-state index contributed by atoms with van der Waals surface area (Å²) in [4.78, 5) is 14.4. The minimum atomic E-state index is -3.96. The smallest absolute Gasteiger partial charge is 0.319 e. The van der Waals surface area contributed by atoms with Gasteiger partial charge < -0.3 is 20.6 Å². The Labute approximate surface area is 199 Å². The summed E-state index contributed by atoms with van der Waals surface area (Å²) >= 11 is 12.3. The van der Waals surface area contributed by atoms with E-state index in [1.807, 2.05) is 6.08 Å². The highest BCUT2D eigenvalue weighted by Gasteiger charge is 2.46. The lowest BCUT2D eigenvalue weighted by Crippen LogP contribution is -2.53. The van der Waals surface area contributed by atoms with Crippen LogP contribution in [0.4, 0.5) is 10.5 Å². The number of nitrogens with zero attached hydrogens (tertiary/aromatic N) is 1. The number of sulfone groups is 1. The van der Waals surface area contributed by atoms with E-state index in [2.05, 4.69) is 15.5 Å². The number of phenols is 1. The summed E-state index contributed by atoms with van der Waals surface area (Å²) in [6.07, 6.45) is 7.81. The van der Waals surface area contributed by atoms with E-state index in [1.54, 1.807) is 7.85 Å². The van der Waals surface area contributed by atoms with Crippen LogP contribution < -0.4 is 10.6 Å². The van der Waals surface area contributed by atoms with Crippen LogP contribution in [-0.4, -0.2) is 62.1 Å². The summed E-state index contributed by atoms with van der Waals surface area (Å²) in [6.45, 7) is 1.41. The van der Waals surface area contributed by atoms with E-state index >= 15 is 0 Å². The van der Waals surface area contributed by atoms with E-state index in [0.717, 1.165) is 6.42 Å². The van der Waals surface area contributed by atoms with Crippen molar-refractivity contribution in [2.24, 2.45) is 0 Å². The van der Waals surface area contributed by atoms with Crippen LogP contribution in [0.25, 0.3) is 0 Å². The van der Waals surface area contributed by atoms with Gasteiger partial charge in [0.1, 0.15) is 12.7 Å². The summed E-state index contributed by atoms with van der Waals surface area (Å²) in [5.41, 5.74) is -0.0147. The van der Waals surface area contributed by atoms with E-state index in [9.17, 15) is 18.3 Å². The second-order valence-electron chi connectivity index (χ2n) is 9.16. The molecule has 1 aromatic rings. The first-order valence-corrected chi connectivity index (χ1v) is 13.3. The lowest BCUT2D eigenvalue weighted by atomic mass is 9.77. The fourth-order valence-corrected chi connectivity index (χ4v) is 7.29. The van der Waals surface area contributed by atoms with Crippen LogP contribution in [0, 0.1) is 0 Å². The van der Waals surface area contributed by atoms with E-state index in [-0.39, 0.29) is 21.6 Å². The zero-order valence-corrected chi connectivity index (χ0v) is 20.4. The molecule has 0 unspecified atom stereocenters. The first-order chi connectivity index (χ1) is 15.1. The number of anilines is 1. The zero-order valence-electron chi connectivity index (χ0n) is 18.0. The quantitative estimate of drug-likeness (QED) is 0.426. The molecule has 11 heteroatoms. The molecule has 1 aliphatic heterocycles. The van der Waals surface area contributed by atoms with E-state index in [1.165, 1.54) is 31.4 Å². The summed E-state index contributed by atoms with van der Waals surface area (Å²) in [5, 5.41) is 16.6. The molecular weight excluding hydrogens is 472 g/mol. The van der Waals surface area contributed by atoms with Gasteiger partial charge in [-0.2, -0.15) is 0 Å². The minimum absolute atomic E-state index is 0.0147. The average molecular weight is 500 g/mol. The maximum atomic E-state index is 13.7. The highest BCUT2D eigenvalue weighted by molar-refractivity contribution is 7.94. The molecular formula is C21H28BCl2N3O4S. The van der Waals surface area contributed by atoms with Gasteiger partial charge in [-0.05, 0) is 63.7 Å². The number of carbonyl (C=O) groups excluding carboxylic acids is 1. The van der Waals surface area contributed by atoms with Gasteiger partial charge in [-0.3, -0.25) is 0 Å². The highest BCUT2D eigenvalue weighted by Crippen LogP contribution is 2.44. The molecule has 0 radical (unpaired) electrons. The predicted octanol–water partition coefficient (Wildman–Crippen LogP) is 3.20.